The van der Waals surface area contributed by atoms with Crippen LogP contribution in [0, 0.1) is 5.92 Å². The molecule has 0 bridgehead atoms. The highest BCUT2D eigenvalue weighted by molar-refractivity contribution is 6.33. The van der Waals surface area contributed by atoms with Crippen LogP contribution in [0.2, 0.25) is 5.02 Å². The Bertz CT molecular complexity index is 426. The Morgan fingerprint density at radius 2 is 2.00 bits per heavy atom. The molecule has 0 amide bonds. The summed E-state index contributed by atoms with van der Waals surface area (Å²) in [5.41, 5.74) is 8.21. The van der Waals surface area contributed by atoms with Gasteiger partial charge in [0, 0.05) is 19.6 Å². The SMILES string of the molecule is CN(C)CC1CCN(c2c(Cl)cccc2CCN)CC1. The molecule has 0 saturated carbocycles. The summed E-state index contributed by atoms with van der Waals surface area (Å²) in [6.07, 6.45) is 3.38. The molecule has 2 N–H and O–H groups in total. The number of para-hydroxylation sites is 1. The Morgan fingerprint density at radius 1 is 1.30 bits per heavy atom. The molecule has 112 valence electrons. The number of nitrogens with zero attached hydrogens (tertiary/aromatic N) is 2. The van der Waals surface area contributed by atoms with E-state index in [1.54, 1.807) is 0 Å². The van der Waals surface area contributed by atoms with E-state index in [2.05, 4.69) is 30.0 Å². The van der Waals surface area contributed by atoms with E-state index in [-0.39, 0.29) is 0 Å². The van der Waals surface area contributed by atoms with E-state index in [1.165, 1.54) is 30.6 Å². The van der Waals surface area contributed by atoms with Gasteiger partial charge in [-0.3, -0.25) is 0 Å². The van der Waals surface area contributed by atoms with Crippen molar-refractivity contribution in [2.45, 2.75) is 19.3 Å². The number of anilines is 1. The molecule has 0 radical (unpaired) electrons. The molecular formula is C16H26ClN3. The van der Waals surface area contributed by atoms with Gasteiger partial charge in [0.25, 0.3) is 0 Å². The number of rotatable bonds is 5. The highest BCUT2D eigenvalue weighted by atomic mass is 35.5. The van der Waals surface area contributed by atoms with Crippen LogP contribution in [0.4, 0.5) is 5.69 Å². The Kier molecular flexibility index (Phi) is 5.70. The third kappa shape index (κ3) is 3.87. The molecule has 1 aromatic rings. The molecule has 0 atom stereocenters. The molecule has 4 heteroatoms. The highest BCUT2D eigenvalue weighted by Crippen LogP contribution is 2.33. The van der Waals surface area contributed by atoms with Crippen molar-refractivity contribution < 1.29 is 0 Å². The number of benzene rings is 1. The van der Waals surface area contributed by atoms with Crippen molar-refractivity contribution in [3.8, 4) is 0 Å². The van der Waals surface area contributed by atoms with Crippen LogP contribution in [0.5, 0.6) is 0 Å². The van der Waals surface area contributed by atoms with Crippen LogP contribution < -0.4 is 10.6 Å². The van der Waals surface area contributed by atoms with Crippen LogP contribution >= 0.6 is 11.6 Å². The fraction of sp³-hybridized carbons (Fsp3) is 0.625. The van der Waals surface area contributed by atoms with Crippen LogP contribution in [0.1, 0.15) is 18.4 Å². The molecule has 0 spiro atoms. The van der Waals surface area contributed by atoms with Gasteiger partial charge in [0.2, 0.25) is 0 Å². The van der Waals surface area contributed by atoms with Crippen LogP contribution in [-0.4, -0.2) is 45.2 Å². The lowest BCUT2D eigenvalue weighted by Crippen LogP contribution is -2.37. The first-order chi connectivity index (χ1) is 9.61. The first-order valence-corrected chi connectivity index (χ1v) is 7.86. The molecule has 20 heavy (non-hydrogen) atoms. The minimum Gasteiger partial charge on any atom is -0.370 e. The van der Waals surface area contributed by atoms with Crippen LogP contribution in [0.3, 0.4) is 0 Å². The minimum atomic E-state index is 0.671. The predicted molar refractivity (Wildman–Crippen MR) is 87.7 cm³/mol. The quantitative estimate of drug-likeness (QED) is 0.906. The smallest absolute Gasteiger partial charge is 0.0642 e. The standard InChI is InChI=1S/C16H26ClN3/c1-19(2)12-13-7-10-20(11-8-13)16-14(6-9-18)4-3-5-15(16)17/h3-5,13H,6-12,18H2,1-2H3. The first-order valence-electron chi connectivity index (χ1n) is 7.49. The second-order valence-corrected chi connectivity index (χ2v) is 6.39. The van der Waals surface area contributed by atoms with Crippen molar-refractivity contribution in [2.75, 3.05) is 45.2 Å². The Labute approximate surface area is 127 Å². The molecule has 1 saturated heterocycles. The van der Waals surface area contributed by atoms with Gasteiger partial charge in [-0.2, -0.15) is 0 Å². The van der Waals surface area contributed by atoms with Gasteiger partial charge in [0.15, 0.2) is 0 Å². The zero-order chi connectivity index (χ0) is 14.5. The first kappa shape index (κ1) is 15.6. The Morgan fingerprint density at radius 3 is 2.60 bits per heavy atom. The second-order valence-electron chi connectivity index (χ2n) is 5.98. The monoisotopic (exact) mass is 295 g/mol. The third-order valence-corrected chi connectivity index (χ3v) is 4.34. The van der Waals surface area contributed by atoms with E-state index >= 15 is 0 Å². The molecule has 1 aliphatic rings. The van der Waals surface area contributed by atoms with Gasteiger partial charge in [0.1, 0.15) is 0 Å². The number of hydrogen-bond donors (Lipinski definition) is 1. The average Bonchev–Trinajstić information content (AvgIpc) is 2.40. The largest absolute Gasteiger partial charge is 0.370 e. The third-order valence-electron chi connectivity index (χ3n) is 4.04. The van der Waals surface area contributed by atoms with Gasteiger partial charge < -0.3 is 15.5 Å². The van der Waals surface area contributed by atoms with E-state index in [0.29, 0.717) is 6.54 Å². The van der Waals surface area contributed by atoms with Crippen molar-refractivity contribution in [1.29, 1.82) is 0 Å². The summed E-state index contributed by atoms with van der Waals surface area (Å²) < 4.78 is 0. The lowest BCUT2D eigenvalue weighted by molar-refractivity contribution is 0.285. The molecule has 3 nitrogen and oxygen atoms in total. The minimum absolute atomic E-state index is 0.671. The van der Waals surface area contributed by atoms with Crippen LogP contribution in [0.25, 0.3) is 0 Å². The zero-order valence-electron chi connectivity index (χ0n) is 12.6. The molecule has 0 unspecified atom stereocenters. The number of nitrogens with two attached hydrogens (primary N) is 1. The summed E-state index contributed by atoms with van der Waals surface area (Å²) in [5, 5.41) is 0.863. The van der Waals surface area contributed by atoms with E-state index in [0.717, 1.165) is 30.5 Å². The Hall–Kier alpha value is -0.770. The van der Waals surface area contributed by atoms with Crippen molar-refractivity contribution in [3.05, 3.63) is 28.8 Å². The van der Waals surface area contributed by atoms with Gasteiger partial charge in [0.05, 0.1) is 10.7 Å². The van der Waals surface area contributed by atoms with E-state index < -0.39 is 0 Å². The summed E-state index contributed by atoms with van der Waals surface area (Å²) in [5.74, 6) is 0.807. The normalized spacial score (nSPS) is 16.9. The maximum absolute atomic E-state index is 6.43. The second kappa shape index (κ2) is 7.30. The fourth-order valence-corrected chi connectivity index (χ4v) is 3.44. The average molecular weight is 296 g/mol. The van der Waals surface area contributed by atoms with E-state index in [1.807, 2.05) is 12.1 Å². The van der Waals surface area contributed by atoms with Crippen LogP contribution in [-0.2, 0) is 6.42 Å². The van der Waals surface area contributed by atoms with Gasteiger partial charge in [-0.25, -0.2) is 0 Å². The number of halogens is 1. The Balaban J connectivity index is 2.06. The van der Waals surface area contributed by atoms with Crippen molar-refractivity contribution in [2.24, 2.45) is 11.7 Å². The highest BCUT2D eigenvalue weighted by Gasteiger charge is 2.22. The molecule has 2 rings (SSSR count). The molecular weight excluding hydrogens is 270 g/mol. The summed E-state index contributed by atoms with van der Waals surface area (Å²) in [6, 6.07) is 6.17. The molecule has 1 aliphatic heterocycles. The van der Waals surface area contributed by atoms with Crippen molar-refractivity contribution in [3.63, 3.8) is 0 Å². The van der Waals surface area contributed by atoms with Gasteiger partial charge in [-0.15, -0.1) is 0 Å². The molecule has 0 aliphatic carbocycles. The fourth-order valence-electron chi connectivity index (χ4n) is 3.13. The lowest BCUT2D eigenvalue weighted by Gasteiger charge is -2.36. The summed E-state index contributed by atoms with van der Waals surface area (Å²) in [4.78, 5) is 4.73. The molecule has 1 aromatic carbocycles. The van der Waals surface area contributed by atoms with Gasteiger partial charge in [-0.05, 0) is 57.5 Å². The number of hydrogen-bond acceptors (Lipinski definition) is 3. The summed E-state index contributed by atoms with van der Waals surface area (Å²) in [6.45, 7) is 4.05. The number of piperidine rings is 1. The lowest BCUT2D eigenvalue weighted by atomic mass is 9.95. The van der Waals surface area contributed by atoms with Crippen molar-refractivity contribution in [1.82, 2.24) is 4.90 Å². The van der Waals surface area contributed by atoms with Crippen molar-refractivity contribution >= 4 is 17.3 Å². The zero-order valence-corrected chi connectivity index (χ0v) is 13.4. The van der Waals surface area contributed by atoms with Gasteiger partial charge >= 0.3 is 0 Å². The van der Waals surface area contributed by atoms with E-state index in [9.17, 15) is 0 Å². The summed E-state index contributed by atoms with van der Waals surface area (Å²) >= 11 is 6.43. The maximum Gasteiger partial charge on any atom is 0.0642 e. The predicted octanol–water partition coefficient (Wildman–Crippen LogP) is 2.62. The van der Waals surface area contributed by atoms with E-state index in [4.69, 9.17) is 17.3 Å². The maximum atomic E-state index is 6.43. The van der Waals surface area contributed by atoms with Gasteiger partial charge in [-0.1, -0.05) is 23.7 Å². The topological polar surface area (TPSA) is 32.5 Å². The summed E-state index contributed by atoms with van der Waals surface area (Å²) in [7, 11) is 4.31. The molecule has 1 fully saturated rings. The molecule has 0 aromatic heterocycles. The van der Waals surface area contributed by atoms with Crippen LogP contribution in [0.15, 0.2) is 18.2 Å². The molecule has 1 heterocycles.